The normalized spacial score (nSPS) is 14.5. The first-order chi connectivity index (χ1) is 9.13. The molecule has 5 heteroatoms. The zero-order chi connectivity index (χ0) is 15.4. The van der Waals surface area contributed by atoms with Gasteiger partial charge in [-0.2, -0.15) is 0 Å². The highest BCUT2D eigenvalue weighted by Gasteiger charge is 2.28. The lowest BCUT2D eigenvalue weighted by Crippen LogP contribution is -2.54. The van der Waals surface area contributed by atoms with Gasteiger partial charge < -0.3 is 15.8 Å². The standard InChI is InChI=1S/C15H23FN2O2/c1-14(2,3)20-13(19)18-15(4,10-17)9-11-5-7-12(16)8-6-11/h5-8H,9-10,17H2,1-4H3,(H,18,19). The van der Waals surface area contributed by atoms with Crippen molar-refractivity contribution < 1.29 is 13.9 Å². The van der Waals surface area contributed by atoms with Crippen LogP contribution in [-0.2, 0) is 11.2 Å². The summed E-state index contributed by atoms with van der Waals surface area (Å²) in [6.45, 7) is 7.48. The summed E-state index contributed by atoms with van der Waals surface area (Å²) in [6, 6.07) is 6.14. The second kappa shape index (κ2) is 6.22. The summed E-state index contributed by atoms with van der Waals surface area (Å²) in [4.78, 5) is 11.8. The number of amides is 1. The predicted octanol–water partition coefficient (Wildman–Crippen LogP) is 2.61. The molecular formula is C15H23FN2O2. The van der Waals surface area contributed by atoms with Gasteiger partial charge in [0.25, 0.3) is 0 Å². The van der Waals surface area contributed by atoms with E-state index in [1.807, 2.05) is 6.92 Å². The Morgan fingerprint density at radius 1 is 1.25 bits per heavy atom. The monoisotopic (exact) mass is 282 g/mol. The Bertz CT molecular complexity index is 454. The molecule has 1 rings (SSSR count). The van der Waals surface area contributed by atoms with Crippen LogP contribution in [-0.4, -0.2) is 23.8 Å². The zero-order valence-electron chi connectivity index (χ0n) is 12.5. The maximum Gasteiger partial charge on any atom is 0.408 e. The molecular weight excluding hydrogens is 259 g/mol. The quantitative estimate of drug-likeness (QED) is 0.892. The van der Waals surface area contributed by atoms with E-state index in [9.17, 15) is 9.18 Å². The largest absolute Gasteiger partial charge is 0.444 e. The Morgan fingerprint density at radius 3 is 2.25 bits per heavy atom. The molecule has 0 saturated carbocycles. The summed E-state index contributed by atoms with van der Waals surface area (Å²) in [5.41, 5.74) is 5.45. The molecule has 112 valence electrons. The van der Waals surface area contributed by atoms with E-state index in [4.69, 9.17) is 10.5 Å². The molecule has 0 heterocycles. The molecule has 0 aliphatic carbocycles. The molecule has 1 amide bonds. The van der Waals surface area contributed by atoms with E-state index in [0.717, 1.165) is 5.56 Å². The van der Waals surface area contributed by atoms with E-state index in [-0.39, 0.29) is 12.4 Å². The first-order valence-corrected chi connectivity index (χ1v) is 6.59. The second-order valence-corrected chi connectivity index (χ2v) is 6.19. The van der Waals surface area contributed by atoms with Crippen molar-refractivity contribution in [3.8, 4) is 0 Å². The fraction of sp³-hybridized carbons (Fsp3) is 0.533. The molecule has 4 nitrogen and oxygen atoms in total. The minimum Gasteiger partial charge on any atom is -0.444 e. The molecule has 1 unspecified atom stereocenters. The number of carbonyl (C=O) groups is 1. The summed E-state index contributed by atoms with van der Waals surface area (Å²) in [5, 5.41) is 2.78. The summed E-state index contributed by atoms with van der Waals surface area (Å²) >= 11 is 0. The molecule has 0 radical (unpaired) electrons. The van der Waals surface area contributed by atoms with Gasteiger partial charge in [-0.1, -0.05) is 12.1 Å². The van der Waals surface area contributed by atoms with Crippen LogP contribution in [0.2, 0.25) is 0 Å². The highest BCUT2D eigenvalue weighted by Crippen LogP contribution is 2.15. The highest BCUT2D eigenvalue weighted by atomic mass is 19.1. The number of ether oxygens (including phenoxy) is 1. The maximum atomic E-state index is 12.9. The lowest BCUT2D eigenvalue weighted by Gasteiger charge is -2.31. The molecule has 0 aromatic heterocycles. The van der Waals surface area contributed by atoms with Crippen LogP contribution in [0.5, 0.6) is 0 Å². The van der Waals surface area contributed by atoms with Gasteiger partial charge >= 0.3 is 6.09 Å². The van der Waals surface area contributed by atoms with Crippen LogP contribution in [0.3, 0.4) is 0 Å². The maximum absolute atomic E-state index is 12.9. The smallest absolute Gasteiger partial charge is 0.408 e. The molecule has 0 aliphatic heterocycles. The van der Waals surface area contributed by atoms with Gasteiger partial charge in [-0.25, -0.2) is 9.18 Å². The number of alkyl carbamates (subject to hydrolysis) is 1. The molecule has 1 aromatic carbocycles. The van der Waals surface area contributed by atoms with Crippen molar-refractivity contribution in [2.45, 2.75) is 45.3 Å². The molecule has 3 N–H and O–H groups in total. The van der Waals surface area contributed by atoms with Crippen LogP contribution in [0.15, 0.2) is 24.3 Å². The van der Waals surface area contributed by atoms with E-state index in [0.29, 0.717) is 6.42 Å². The lowest BCUT2D eigenvalue weighted by atomic mass is 9.93. The fourth-order valence-electron chi connectivity index (χ4n) is 1.77. The van der Waals surface area contributed by atoms with E-state index in [1.54, 1.807) is 32.9 Å². The Labute approximate surface area is 119 Å². The first kappa shape index (κ1) is 16.4. The van der Waals surface area contributed by atoms with Crippen LogP contribution >= 0.6 is 0 Å². The van der Waals surface area contributed by atoms with E-state index >= 15 is 0 Å². The van der Waals surface area contributed by atoms with E-state index in [2.05, 4.69) is 5.32 Å². The van der Waals surface area contributed by atoms with Gasteiger partial charge in [-0.15, -0.1) is 0 Å². The summed E-state index contributed by atoms with van der Waals surface area (Å²) in [7, 11) is 0. The topological polar surface area (TPSA) is 64.3 Å². The third-order valence-electron chi connectivity index (χ3n) is 2.76. The Morgan fingerprint density at radius 2 is 1.80 bits per heavy atom. The van der Waals surface area contributed by atoms with Crippen LogP contribution in [0, 0.1) is 5.82 Å². The average Bonchev–Trinajstić information content (AvgIpc) is 2.29. The average molecular weight is 282 g/mol. The SMILES string of the molecule is CC(CN)(Cc1ccc(F)cc1)NC(=O)OC(C)(C)C. The van der Waals surface area contributed by atoms with Crippen molar-refractivity contribution in [3.63, 3.8) is 0 Å². The molecule has 1 atom stereocenters. The minimum atomic E-state index is -0.639. The third kappa shape index (κ3) is 5.57. The molecule has 20 heavy (non-hydrogen) atoms. The van der Waals surface area contributed by atoms with Crippen molar-refractivity contribution in [1.29, 1.82) is 0 Å². The van der Waals surface area contributed by atoms with E-state index in [1.165, 1.54) is 12.1 Å². The Balaban J connectivity index is 2.71. The van der Waals surface area contributed by atoms with Crippen molar-refractivity contribution >= 4 is 6.09 Å². The number of rotatable bonds is 4. The molecule has 1 aromatic rings. The molecule has 0 bridgehead atoms. The highest BCUT2D eigenvalue weighted by molar-refractivity contribution is 5.68. The van der Waals surface area contributed by atoms with Gasteiger partial charge in [-0.05, 0) is 51.8 Å². The number of carbonyl (C=O) groups excluding carboxylic acids is 1. The van der Waals surface area contributed by atoms with Gasteiger partial charge in [0.1, 0.15) is 11.4 Å². The zero-order valence-corrected chi connectivity index (χ0v) is 12.5. The van der Waals surface area contributed by atoms with Crippen LogP contribution in [0.25, 0.3) is 0 Å². The van der Waals surface area contributed by atoms with Gasteiger partial charge in [0, 0.05) is 6.54 Å². The number of nitrogens with two attached hydrogens (primary N) is 1. The molecule has 0 aliphatic rings. The number of nitrogens with one attached hydrogen (secondary N) is 1. The van der Waals surface area contributed by atoms with Crippen molar-refractivity contribution in [2.24, 2.45) is 5.73 Å². The second-order valence-electron chi connectivity index (χ2n) is 6.19. The fourth-order valence-corrected chi connectivity index (χ4v) is 1.77. The van der Waals surface area contributed by atoms with Gasteiger partial charge in [0.2, 0.25) is 0 Å². The Hall–Kier alpha value is -1.62. The predicted molar refractivity (Wildman–Crippen MR) is 76.9 cm³/mol. The number of hydrogen-bond donors (Lipinski definition) is 2. The van der Waals surface area contributed by atoms with Gasteiger partial charge in [-0.3, -0.25) is 0 Å². The molecule has 0 saturated heterocycles. The summed E-state index contributed by atoms with van der Waals surface area (Å²) in [5.74, 6) is -0.289. The van der Waals surface area contributed by atoms with Crippen molar-refractivity contribution in [3.05, 3.63) is 35.6 Å². The lowest BCUT2D eigenvalue weighted by molar-refractivity contribution is 0.0467. The third-order valence-corrected chi connectivity index (χ3v) is 2.76. The summed E-state index contributed by atoms with van der Waals surface area (Å²) in [6.07, 6.45) is -0.00389. The Kier molecular flexibility index (Phi) is 5.11. The molecule has 0 fully saturated rings. The van der Waals surface area contributed by atoms with E-state index < -0.39 is 17.2 Å². The minimum absolute atomic E-state index is 0.254. The molecule has 0 spiro atoms. The summed E-state index contributed by atoms with van der Waals surface area (Å²) < 4.78 is 18.1. The van der Waals surface area contributed by atoms with Crippen molar-refractivity contribution in [1.82, 2.24) is 5.32 Å². The first-order valence-electron chi connectivity index (χ1n) is 6.59. The van der Waals surface area contributed by atoms with Crippen LogP contribution in [0.4, 0.5) is 9.18 Å². The van der Waals surface area contributed by atoms with Gasteiger partial charge in [0.05, 0.1) is 5.54 Å². The number of halogens is 1. The van der Waals surface area contributed by atoms with Crippen LogP contribution < -0.4 is 11.1 Å². The number of hydrogen-bond acceptors (Lipinski definition) is 3. The van der Waals surface area contributed by atoms with Crippen molar-refractivity contribution in [2.75, 3.05) is 6.54 Å². The van der Waals surface area contributed by atoms with Crippen LogP contribution in [0.1, 0.15) is 33.3 Å². The van der Waals surface area contributed by atoms with Gasteiger partial charge in [0.15, 0.2) is 0 Å². The number of benzene rings is 1.